The molecule has 1 aliphatic carbocycles. The minimum Gasteiger partial charge on any atom is -0.397 e. The van der Waals surface area contributed by atoms with Crippen LogP contribution in [0.4, 0.5) is 11.5 Å². The third-order valence-corrected chi connectivity index (χ3v) is 3.31. The number of carbonyl (C=O) groups excluding carboxylic acids is 1. The molecule has 104 valence electrons. The van der Waals surface area contributed by atoms with Gasteiger partial charge >= 0.3 is 0 Å². The standard InChI is InChI=1S/C12H11Cl2N5O/c13-9-4-10(18-12(14)16-9)17-11(20)8-3-6(15)5-19(8)7-1-2-7/h3-5,7H,1-2,15H2,(H,16,17,18,20). The lowest BCUT2D eigenvalue weighted by molar-refractivity contribution is 0.101. The fourth-order valence-corrected chi connectivity index (χ4v) is 2.38. The number of hydrogen-bond donors (Lipinski definition) is 2. The fourth-order valence-electron chi connectivity index (χ4n) is 1.97. The lowest BCUT2D eigenvalue weighted by Gasteiger charge is -2.08. The number of aromatic nitrogens is 3. The Bertz CT molecular complexity index is 660. The van der Waals surface area contributed by atoms with Crippen molar-refractivity contribution in [2.45, 2.75) is 18.9 Å². The van der Waals surface area contributed by atoms with E-state index in [9.17, 15) is 4.79 Å². The number of rotatable bonds is 3. The Kier molecular flexibility index (Phi) is 3.27. The molecule has 0 bridgehead atoms. The topological polar surface area (TPSA) is 85.8 Å². The van der Waals surface area contributed by atoms with Crippen molar-refractivity contribution in [3.8, 4) is 0 Å². The molecule has 1 saturated carbocycles. The summed E-state index contributed by atoms with van der Waals surface area (Å²) in [6, 6.07) is 3.42. The van der Waals surface area contributed by atoms with Gasteiger partial charge in [-0.1, -0.05) is 11.6 Å². The van der Waals surface area contributed by atoms with E-state index in [4.69, 9.17) is 28.9 Å². The second kappa shape index (κ2) is 4.96. The van der Waals surface area contributed by atoms with Gasteiger partial charge in [-0.25, -0.2) is 9.97 Å². The average Bonchev–Trinajstić information content (AvgIpc) is 3.11. The number of nitrogen functional groups attached to an aromatic ring is 1. The number of amides is 1. The molecule has 1 fully saturated rings. The molecule has 20 heavy (non-hydrogen) atoms. The van der Waals surface area contributed by atoms with Gasteiger partial charge in [0.2, 0.25) is 5.28 Å². The first-order chi connectivity index (χ1) is 9.52. The lowest BCUT2D eigenvalue weighted by atomic mass is 10.3. The molecule has 0 aromatic carbocycles. The normalized spacial score (nSPS) is 14.3. The number of hydrogen-bond acceptors (Lipinski definition) is 4. The predicted molar refractivity (Wildman–Crippen MR) is 77.1 cm³/mol. The molecule has 3 N–H and O–H groups in total. The van der Waals surface area contributed by atoms with Crippen LogP contribution in [0.25, 0.3) is 0 Å². The molecule has 0 radical (unpaired) electrons. The highest BCUT2D eigenvalue weighted by Gasteiger charge is 2.27. The maximum absolute atomic E-state index is 12.3. The molecule has 6 nitrogen and oxygen atoms in total. The summed E-state index contributed by atoms with van der Waals surface area (Å²) in [6.45, 7) is 0. The van der Waals surface area contributed by atoms with E-state index in [0.29, 0.717) is 17.4 Å². The highest BCUT2D eigenvalue weighted by atomic mass is 35.5. The van der Waals surface area contributed by atoms with E-state index in [-0.39, 0.29) is 22.2 Å². The third kappa shape index (κ3) is 2.71. The van der Waals surface area contributed by atoms with Crippen LogP contribution >= 0.6 is 23.2 Å². The van der Waals surface area contributed by atoms with Gasteiger partial charge in [0.1, 0.15) is 16.7 Å². The van der Waals surface area contributed by atoms with Crippen LogP contribution in [0.5, 0.6) is 0 Å². The monoisotopic (exact) mass is 311 g/mol. The van der Waals surface area contributed by atoms with Crippen molar-refractivity contribution in [2.75, 3.05) is 11.1 Å². The van der Waals surface area contributed by atoms with Gasteiger partial charge in [-0.15, -0.1) is 0 Å². The molecule has 0 unspecified atom stereocenters. The van der Waals surface area contributed by atoms with Crippen molar-refractivity contribution in [2.24, 2.45) is 0 Å². The van der Waals surface area contributed by atoms with Gasteiger partial charge < -0.3 is 15.6 Å². The summed E-state index contributed by atoms with van der Waals surface area (Å²) in [5.41, 5.74) is 6.81. The van der Waals surface area contributed by atoms with Gasteiger partial charge in [0.25, 0.3) is 5.91 Å². The van der Waals surface area contributed by atoms with Crippen LogP contribution < -0.4 is 11.1 Å². The summed E-state index contributed by atoms with van der Waals surface area (Å²) in [6.07, 6.45) is 3.88. The number of anilines is 2. The van der Waals surface area contributed by atoms with Crippen LogP contribution in [0, 0.1) is 0 Å². The second-order valence-corrected chi connectivity index (χ2v) is 5.32. The molecule has 2 aromatic rings. The van der Waals surface area contributed by atoms with Crippen molar-refractivity contribution >= 4 is 40.6 Å². The van der Waals surface area contributed by atoms with Gasteiger partial charge in [-0.2, -0.15) is 0 Å². The molecule has 2 heterocycles. The van der Waals surface area contributed by atoms with Crippen LogP contribution in [-0.2, 0) is 0 Å². The van der Waals surface area contributed by atoms with Crippen LogP contribution in [0.15, 0.2) is 18.3 Å². The Balaban J connectivity index is 1.85. The zero-order chi connectivity index (χ0) is 14.3. The number of carbonyl (C=O) groups is 1. The molecule has 8 heteroatoms. The Morgan fingerprint density at radius 3 is 2.75 bits per heavy atom. The number of halogens is 2. The molecule has 0 spiro atoms. The Morgan fingerprint density at radius 2 is 2.10 bits per heavy atom. The molecule has 2 aromatic heterocycles. The maximum atomic E-state index is 12.3. The highest BCUT2D eigenvalue weighted by molar-refractivity contribution is 6.32. The van der Waals surface area contributed by atoms with E-state index in [1.54, 1.807) is 12.3 Å². The van der Waals surface area contributed by atoms with E-state index >= 15 is 0 Å². The summed E-state index contributed by atoms with van der Waals surface area (Å²) in [5, 5.41) is 2.78. The molecule has 1 aliphatic rings. The van der Waals surface area contributed by atoms with E-state index in [0.717, 1.165) is 12.8 Å². The fraction of sp³-hybridized carbons (Fsp3) is 0.250. The SMILES string of the molecule is Nc1cc(C(=O)Nc2cc(Cl)nc(Cl)n2)n(C2CC2)c1. The van der Waals surface area contributed by atoms with Crippen molar-refractivity contribution < 1.29 is 4.79 Å². The first-order valence-corrected chi connectivity index (χ1v) is 6.77. The summed E-state index contributed by atoms with van der Waals surface area (Å²) < 4.78 is 1.88. The van der Waals surface area contributed by atoms with Crippen LogP contribution in [0.2, 0.25) is 10.4 Å². The predicted octanol–water partition coefficient (Wildman–Crippen LogP) is 2.75. The molecular weight excluding hydrogens is 301 g/mol. The Morgan fingerprint density at radius 1 is 1.35 bits per heavy atom. The Labute approximate surface area is 124 Å². The van der Waals surface area contributed by atoms with Crippen molar-refractivity contribution in [1.82, 2.24) is 14.5 Å². The quantitative estimate of drug-likeness (QED) is 0.674. The maximum Gasteiger partial charge on any atom is 0.273 e. The largest absolute Gasteiger partial charge is 0.397 e. The van der Waals surface area contributed by atoms with Crippen LogP contribution in [0.1, 0.15) is 29.4 Å². The van der Waals surface area contributed by atoms with Crippen LogP contribution in [-0.4, -0.2) is 20.4 Å². The van der Waals surface area contributed by atoms with Gasteiger partial charge in [-0.05, 0) is 30.5 Å². The molecule has 0 atom stereocenters. The summed E-state index contributed by atoms with van der Waals surface area (Å²) >= 11 is 11.5. The van der Waals surface area contributed by atoms with E-state index in [1.165, 1.54) is 6.07 Å². The first kappa shape index (κ1) is 13.2. The second-order valence-electron chi connectivity index (χ2n) is 4.60. The zero-order valence-corrected chi connectivity index (χ0v) is 11.8. The number of nitrogens with two attached hydrogens (primary N) is 1. The van der Waals surface area contributed by atoms with Crippen molar-refractivity contribution in [1.29, 1.82) is 0 Å². The zero-order valence-electron chi connectivity index (χ0n) is 10.3. The summed E-state index contributed by atoms with van der Waals surface area (Å²) in [7, 11) is 0. The molecule has 1 amide bonds. The minimum atomic E-state index is -0.306. The molecule has 3 rings (SSSR count). The van der Waals surface area contributed by atoms with Crippen molar-refractivity contribution in [3.05, 3.63) is 34.5 Å². The Hall–Kier alpha value is -1.79. The van der Waals surface area contributed by atoms with Gasteiger partial charge in [0.05, 0.1) is 5.69 Å². The molecular formula is C12H11Cl2N5O. The summed E-state index contributed by atoms with van der Waals surface area (Å²) in [4.78, 5) is 19.9. The average molecular weight is 312 g/mol. The van der Waals surface area contributed by atoms with Gasteiger partial charge in [-0.3, -0.25) is 4.79 Å². The first-order valence-electron chi connectivity index (χ1n) is 6.02. The smallest absolute Gasteiger partial charge is 0.273 e. The highest BCUT2D eigenvalue weighted by Crippen LogP contribution is 2.37. The molecule has 0 aliphatic heterocycles. The van der Waals surface area contributed by atoms with Crippen molar-refractivity contribution in [3.63, 3.8) is 0 Å². The van der Waals surface area contributed by atoms with Gasteiger partial charge in [0.15, 0.2) is 0 Å². The lowest BCUT2D eigenvalue weighted by Crippen LogP contribution is -2.17. The minimum absolute atomic E-state index is 0.0233. The van der Waals surface area contributed by atoms with E-state index in [2.05, 4.69) is 15.3 Å². The summed E-state index contributed by atoms with van der Waals surface area (Å²) in [5.74, 6) is -0.0541. The van der Waals surface area contributed by atoms with Crippen LogP contribution in [0.3, 0.4) is 0 Å². The number of nitrogens with one attached hydrogen (secondary N) is 1. The van der Waals surface area contributed by atoms with E-state index in [1.807, 2.05) is 4.57 Å². The van der Waals surface area contributed by atoms with E-state index < -0.39 is 0 Å². The van der Waals surface area contributed by atoms with Gasteiger partial charge in [0, 0.05) is 18.3 Å². The number of nitrogens with zero attached hydrogens (tertiary/aromatic N) is 3. The molecule has 0 saturated heterocycles. The third-order valence-electron chi connectivity index (χ3n) is 2.95.